The highest BCUT2D eigenvalue weighted by atomic mass is 79.9. The second-order valence-corrected chi connectivity index (χ2v) is 5.83. The lowest BCUT2D eigenvalue weighted by Gasteiger charge is -2.16. The number of hydrogen-bond donors (Lipinski definition) is 2. The number of carbonyl (C=O) groups is 1. The summed E-state index contributed by atoms with van der Waals surface area (Å²) in [5, 5.41) is 2.85. The molecule has 110 valence electrons. The molecule has 1 amide bonds. The number of anilines is 1. The SMILES string of the molecule is Cc1c(N)cc(Br)cc1C(=O)NC(C)c1cccc(F)c1. The lowest BCUT2D eigenvalue weighted by molar-refractivity contribution is 0.0939. The van der Waals surface area contributed by atoms with Crippen LogP contribution in [0.1, 0.15) is 34.5 Å². The van der Waals surface area contributed by atoms with Crippen molar-refractivity contribution in [3.63, 3.8) is 0 Å². The molecule has 0 heterocycles. The average molecular weight is 351 g/mol. The van der Waals surface area contributed by atoms with Gasteiger partial charge in [-0.3, -0.25) is 4.79 Å². The molecule has 1 atom stereocenters. The quantitative estimate of drug-likeness (QED) is 0.823. The van der Waals surface area contributed by atoms with Crippen molar-refractivity contribution in [2.24, 2.45) is 0 Å². The van der Waals surface area contributed by atoms with Gasteiger partial charge in [0.2, 0.25) is 0 Å². The van der Waals surface area contributed by atoms with Gasteiger partial charge in [-0.25, -0.2) is 4.39 Å². The van der Waals surface area contributed by atoms with Gasteiger partial charge in [0.15, 0.2) is 0 Å². The molecule has 2 rings (SSSR count). The lowest BCUT2D eigenvalue weighted by Crippen LogP contribution is -2.27. The number of rotatable bonds is 3. The predicted octanol–water partition coefficient (Wildman–Crippen LogP) is 3.97. The first kappa shape index (κ1) is 15.5. The molecule has 5 heteroatoms. The summed E-state index contributed by atoms with van der Waals surface area (Å²) in [5.74, 6) is -0.561. The topological polar surface area (TPSA) is 55.1 Å². The molecule has 0 aliphatic rings. The Morgan fingerprint density at radius 1 is 1.33 bits per heavy atom. The van der Waals surface area contributed by atoms with Gasteiger partial charge in [-0.05, 0) is 49.2 Å². The van der Waals surface area contributed by atoms with Crippen molar-refractivity contribution < 1.29 is 9.18 Å². The zero-order chi connectivity index (χ0) is 15.6. The summed E-state index contributed by atoms with van der Waals surface area (Å²) in [6.45, 7) is 3.60. The van der Waals surface area contributed by atoms with Gasteiger partial charge in [0.05, 0.1) is 6.04 Å². The Kier molecular flexibility index (Phi) is 4.63. The summed E-state index contributed by atoms with van der Waals surface area (Å²) in [7, 11) is 0. The Morgan fingerprint density at radius 3 is 2.71 bits per heavy atom. The second kappa shape index (κ2) is 6.26. The second-order valence-electron chi connectivity index (χ2n) is 4.92. The van der Waals surface area contributed by atoms with E-state index in [1.807, 2.05) is 6.92 Å². The van der Waals surface area contributed by atoms with Gasteiger partial charge < -0.3 is 11.1 Å². The van der Waals surface area contributed by atoms with Crippen LogP contribution >= 0.6 is 15.9 Å². The first-order chi connectivity index (χ1) is 9.88. The maximum atomic E-state index is 13.2. The molecular formula is C16H16BrFN2O. The summed E-state index contributed by atoms with van der Waals surface area (Å²) in [5.41, 5.74) is 8.35. The van der Waals surface area contributed by atoms with E-state index in [-0.39, 0.29) is 17.8 Å². The van der Waals surface area contributed by atoms with Gasteiger partial charge in [0.1, 0.15) is 5.82 Å². The molecule has 0 saturated carbocycles. The minimum atomic E-state index is -0.323. The number of nitrogen functional groups attached to an aromatic ring is 1. The Labute approximate surface area is 131 Å². The van der Waals surface area contributed by atoms with Gasteiger partial charge in [0, 0.05) is 15.7 Å². The zero-order valence-corrected chi connectivity index (χ0v) is 13.4. The number of nitrogens with two attached hydrogens (primary N) is 1. The molecule has 2 aromatic rings. The maximum Gasteiger partial charge on any atom is 0.252 e. The Bertz CT molecular complexity index is 688. The minimum absolute atomic E-state index is 0.239. The molecule has 3 nitrogen and oxygen atoms in total. The van der Waals surface area contributed by atoms with E-state index in [4.69, 9.17) is 5.73 Å². The summed E-state index contributed by atoms with van der Waals surface area (Å²) >= 11 is 3.33. The van der Waals surface area contributed by atoms with E-state index in [1.54, 1.807) is 31.2 Å². The summed E-state index contributed by atoms with van der Waals surface area (Å²) in [6, 6.07) is 9.35. The third-order valence-electron chi connectivity index (χ3n) is 3.35. The molecule has 0 fully saturated rings. The molecular weight excluding hydrogens is 335 g/mol. The molecule has 0 aliphatic carbocycles. The molecule has 0 bridgehead atoms. The van der Waals surface area contributed by atoms with Crippen molar-refractivity contribution >= 4 is 27.5 Å². The van der Waals surface area contributed by atoms with E-state index in [2.05, 4.69) is 21.2 Å². The Morgan fingerprint density at radius 2 is 2.05 bits per heavy atom. The lowest BCUT2D eigenvalue weighted by atomic mass is 10.0. The Balaban J connectivity index is 2.22. The van der Waals surface area contributed by atoms with Crippen LogP contribution in [-0.2, 0) is 0 Å². The van der Waals surface area contributed by atoms with Crippen molar-refractivity contribution in [3.8, 4) is 0 Å². The zero-order valence-electron chi connectivity index (χ0n) is 11.8. The molecule has 0 aliphatic heterocycles. The van der Waals surface area contributed by atoms with Crippen LogP contribution in [-0.4, -0.2) is 5.91 Å². The third-order valence-corrected chi connectivity index (χ3v) is 3.81. The molecule has 0 spiro atoms. The van der Waals surface area contributed by atoms with Crippen LogP contribution in [0.15, 0.2) is 40.9 Å². The molecule has 2 aromatic carbocycles. The highest BCUT2D eigenvalue weighted by molar-refractivity contribution is 9.10. The first-order valence-corrected chi connectivity index (χ1v) is 7.29. The van der Waals surface area contributed by atoms with Crippen LogP contribution < -0.4 is 11.1 Å². The monoisotopic (exact) mass is 350 g/mol. The largest absolute Gasteiger partial charge is 0.398 e. The highest BCUT2D eigenvalue weighted by Crippen LogP contribution is 2.23. The number of halogens is 2. The van der Waals surface area contributed by atoms with Crippen LogP contribution in [0.25, 0.3) is 0 Å². The third kappa shape index (κ3) is 3.61. The molecule has 1 unspecified atom stereocenters. The fraction of sp³-hybridized carbons (Fsp3) is 0.188. The average Bonchev–Trinajstić information content (AvgIpc) is 2.42. The van der Waals surface area contributed by atoms with Crippen LogP contribution in [0, 0.1) is 12.7 Å². The van der Waals surface area contributed by atoms with Crippen molar-refractivity contribution in [3.05, 3.63) is 63.4 Å². The smallest absolute Gasteiger partial charge is 0.252 e. The van der Waals surface area contributed by atoms with E-state index < -0.39 is 0 Å². The van der Waals surface area contributed by atoms with Crippen molar-refractivity contribution in [1.29, 1.82) is 0 Å². The van der Waals surface area contributed by atoms with Crippen LogP contribution in [0.5, 0.6) is 0 Å². The van der Waals surface area contributed by atoms with Gasteiger partial charge in [-0.15, -0.1) is 0 Å². The number of carbonyl (C=O) groups excluding carboxylic acids is 1. The standard InChI is InChI=1S/C16H16BrFN2O/c1-9-14(7-12(17)8-15(9)19)16(21)20-10(2)11-4-3-5-13(18)6-11/h3-8,10H,19H2,1-2H3,(H,20,21). The van der Waals surface area contributed by atoms with Gasteiger partial charge in [0.25, 0.3) is 5.91 Å². The molecule has 0 radical (unpaired) electrons. The van der Waals surface area contributed by atoms with Gasteiger partial charge in [-0.2, -0.15) is 0 Å². The van der Waals surface area contributed by atoms with E-state index in [1.165, 1.54) is 12.1 Å². The molecule has 0 saturated heterocycles. The van der Waals surface area contributed by atoms with Crippen LogP contribution in [0.3, 0.4) is 0 Å². The number of amides is 1. The fourth-order valence-electron chi connectivity index (χ4n) is 2.07. The van der Waals surface area contributed by atoms with E-state index >= 15 is 0 Å². The molecule has 3 N–H and O–H groups in total. The summed E-state index contributed by atoms with van der Waals surface area (Å²) in [6.07, 6.45) is 0. The van der Waals surface area contributed by atoms with Gasteiger partial charge in [-0.1, -0.05) is 28.1 Å². The van der Waals surface area contributed by atoms with Gasteiger partial charge >= 0.3 is 0 Å². The number of nitrogens with one attached hydrogen (secondary N) is 1. The molecule has 21 heavy (non-hydrogen) atoms. The van der Waals surface area contributed by atoms with E-state index in [9.17, 15) is 9.18 Å². The van der Waals surface area contributed by atoms with Crippen LogP contribution in [0.2, 0.25) is 0 Å². The maximum absolute atomic E-state index is 13.2. The number of hydrogen-bond acceptors (Lipinski definition) is 2. The van der Waals surface area contributed by atoms with Crippen LogP contribution in [0.4, 0.5) is 10.1 Å². The van der Waals surface area contributed by atoms with E-state index in [0.29, 0.717) is 16.8 Å². The highest BCUT2D eigenvalue weighted by Gasteiger charge is 2.15. The molecule has 0 aromatic heterocycles. The van der Waals surface area contributed by atoms with Crippen molar-refractivity contribution in [1.82, 2.24) is 5.32 Å². The van der Waals surface area contributed by atoms with Crippen molar-refractivity contribution in [2.45, 2.75) is 19.9 Å². The normalized spacial score (nSPS) is 12.0. The summed E-state index contributed by atoms with van der Waals surface area (Å²) in [4.78, 5) is 12.4. The van der Waals surface area contributed by atoms with Crippen molar-refractivity contribution in [2.75, 3.05) is 5.73 Å². The summed E-state index contributed by atoms with van der Waals surface area (Å²) < 4.78 is 14.0. The predicted molar refractivity (Wildman–Crippen MR) is 85.6 cm³/mol. The first-order valence-electron chi connectivity index (χ1n) is 6.50. The van der Waals surface area contributed by atoms with E-state index in [0.717, 1.165) is 10.0 Å². The number of benzene rings is 2. The Hall–Kier alpha value is -1.88. The minimum Gasteiger partial charge on any atom is -0.398 e. The fourth-order valence-corrected chi connectivity index (χ4v) is 2.55.